The predicted molar refractivity (Wildman–Crippen MR) is 79.3 cm³/mol. The van der Waals surface area contributed by atoms with Gasteiger partial charge in [0.25, 0.3) is 0 Å². The second-order valence-corrected chi connectivity index (χ2v) is 5.56. The van der Waals surface area contributed by atoms with Crippen LogP contribution in [0.25, 0.3) is 0 Å². The van der Waals surface area contributed by atoms with E-state index in [1.165, 1.54) is 18.4 Å². The Balaban J connectivity index is 1.80. The molecule has 1 fully saturated rings. The summed E-state index contributed by atoms with van der Waals surface area (Å²) in [5.74, 6) is 0.903. The molecular weight excluding hydrogens is 236 g/mol. The SMILES string of the molecule is CCc1ccc(NC(=O)CN2CCC(C)CC2)cc1. The molecule has 1 aromatic rings. The van der Waals surface area contributed by atoms with Crippen LogP contribution in [0.3, 0.4) is 0 Å². The van der Waals surface area contributed by atoms with Crippen molar-refractivity contribution in [3.63, 3.8) is 0 Å². The summed E-state index contributed by atoms with van der Waals surface area (Å²) < 4.78 is 0. The van der Waals surface area contributed by atoms with Gasteiger partial charge in [-0.1, -0.05) is 26.0 Å². The van der Waals surface area contributed by atoms with Crippen LogP contribution < -0.4 is 5.32 Å². The standard InChI is InChI=1S/C16H24N2O/c1-3-14-4-6-15(7-5-14)17-16(19)12-18-10-8-13(2)9-11-18/h4-7,13H,3,8-12H2,1-2H3,(H,17,19). The first-order chi connectivity index (χ1) is 9.17. The first kappa shape index (κ1) is 14.1. The molecule has 1 amide bonds. The normalized spacial score (nSPS) is 17.4. The molecule has 0 saturated carbocycles. The van der Waals surface area contributed by atoms with Crippen molar-refractivity contribution in [3.8, 4) is 0 Å². The van der Waals surface area contributed by atoms with Crippen LogP contribution in [-0.2, 0) is 11.2 Å². The number of aryl methyl sites for hydroxylation is 1. The molecule has 1 aliphatic rings. The highest BCUT2D eigenvalue weighted by Gasteiger charge is 2.17. The number of carbonyl (C=O) groups is 1. The average molecular weight is 260 g/mol. The highest BCUT2D eigenvalue weighted by Crippen LogP contribution is 2.16. The van der Waals surface area contributed by atoms with Crippen molar-refractivity contribution >= 4 is 11.6 Å². The number of amides is 1. The second kappa shape index (κ2) is 6.71. The summed E-state index contributed by atoms with van der Waals surface area (Å²) >= 11 is 0. The molecule has 1 aliphatic heterocycles. The van der Waals surface area contributed by atoms with Gasteiger partial charge in [0.2, 0.25) is 5.91 Å². The van der Waals surface area contributed by atoms with Gasteiger partial charge in [0, 0.05) is 5.69 Å². The second-order valence-electron chi connectivity index (χ2n) is 5.56. The predicted octanol–water partition coefficient (Wildman–Crippen LogP) is 2.92. The molecule has 1 heterocycles. The Bertz CT molecular complexity index is 405. The van der Waals surface area contributed by atoms with Crippen LogP contribution >= 0.6 is 0 Å². The third-order valence-electron chi connectivity index (χ3n) is 3.89. The summed E-state index contributed by atoms with van der Waals surface area (Å²) in [7, 11) is 0. The molecule has 0 atom stereocenters. The Morgan fingerprint density at radius 2 is 1.89 bits per heavy atom. The number of piperidine rings is 1. The van der Waals surface area contributed by atoms with Gasteiger partial charge >= 0.3 is 0 Å². The van der Waals surface area contributed by atoms with Gasteiger partial charge in [-0.15, -0.1) is 0 Å². The maximum absolute atomic E-state index is 12.0. The number of rotatable bonds is 4. The summed E-state index contributed by atoms with van der Waals surface area (Å²) in [4.78, 5) is 14.2. The lowest BCUT2D eigenvalue weighted by atomic mass is 9.99. The van der Waals surface area contributed by atoms with E-state index in [-0.39, 0.29) is 5.91 Å². The number of hydrogen-bond acceptors (Lipinski definition) is 2. The topological polar surface area (TPSA) is 32.3 Å². The molecule has 1 N–H and O–H groups in total. The summed E-state index contributed by atoms with van der Waals surface area (Å²) in [5, 5.41) is 2.97. The van der Waals surface area contributed by atoms with Crippen LogP contribution in [0.1, 0.15) is 32.3 Å². The molecule has 1 saturated heterocycles. The van der Waals surface area contributed by atoms with Crippen LogP contribution in [0.2, 0.25) is 0 Å². The molecule has 0 spiro atoms. The largest absolute Gasteiger partial charge is 0.325 e. The van der Waals surface area contributed by atoms with E-state index in [0.717, 1.165) is 31.1 Å². The third kappa shape index (κ3) is 4.35. The maximum atomic E-state index is 12.0. The van der Waals surface area contributed by atoms with E-state index in [4.69, 9.17) is 0 Å². The van der Waals surface area contributed by atoms with Crippen molar-refractivity contribution in [1.29, 1.82) is 0 Å². The van der Waals surface area contributed by atoms with Crippen molar-refractivity contribution in [1.82, 2.24) is 4.90 Å². The lowest BCUT2D eigenvalue weighted by molar-refractivity contribution is -0.117. The monoisotopic (exact) mass is 260 g/mol. The lowest BCUT2D eigenvalue weighted by Gasteiger charge is -2.29. The van der Waals surface area contributed by atoms with E-state index >= 15 is 0 Å². The van der Waals surface area contributed by atoms with E-state index in [9.17, 15) is 4.79 Å². The molecule has 0 radical (unpaired) electrons. The van der Waals surface area contributed by atoms with Gasteiger partial charge in [-0.3, -0.25) is 9.69 Å². The molecule has 0 aliphatic carbocycles. The fraction of sp³-hybridized carbons (Fsp3) is 0.562. The smallest absolute Gasteiger partial charge is 0.238 e. The van der Waals surface area contributed by atoms with Crippen LogP contribution in [0.15, 0.2) is 24.3 Å². The first-order valence-electron chi connectivity index (χ1n) is 7.28. The number of benzene rings is 1. The lowest BCUT2D eigenvalue weighted by Crippen LogP contribution is -2.38. The molecule has 104 valence electrons. The quantitative estimate of drug-likeness (QED) is 0.902. The summed E-state index contributed by atoms with van der Waals surface area (Å²) in [5.41, 5.74) is 2.19. The van der Waals surface area contributed by atoms with Gasteiger partial charge in [0.1, 0.15) is 0 Å². The van der Waals surface area contributed by atoms with Crippen LogP contribution in [0.4, 0.5) is 5.69 Å². The Kier molecular flexibility index (Phi) is 4.97. The highest BCUT2D eigenvalue weighted by molar-refractivity contribution is 5.92. The maximum Gasteiger partial charge on any atom is 0.238 e. The van der Waals surface area contributed by atoms with Crippen LogP contribution in [-0.4, -0.2) is 30.4 Å². The number of anilines is 1. The van der Waals surface area contributed by atoms with Crippen molar-refractivity contribution in [2.45, 2.75) is 33.1 Å². The van der Waals surface area contributed by atoms with E-state index in [0.29, 0.717) is 6.54 Å². The van der Waals surface area contributed by atoms with Gasteiger partial charge in [-0.2, -0.15) is 0 Å². The van der Waals surface area contributed by atoms with Crippen LogP contribution in [0, 0.1) is 5.92 Å². The fourth-order valence-corrected chi connectivity index (χ4v) is 2.45. The van der Waals surface area contributed by atoms with E-state index in [1.54, 1.807) is 0 Å². The number of likely N-dealkylation sites (tertiary alicyclic amines) is 1. The Labute approximate surface area is 116 Å². The average Bonchev–Trinajstić information content (AvgIpc) is 2.42. The molecule has 0 unspecified atom stereocenters. The van der Waals surface area contributed by atoms with Crippen molar-refractivity contribution in [2.24, 2.45) is 5.92 Å². The van der Waals surface area contributed by atoms with Gasteiger partial charge < -0.3 is 5.32 Å². The molecule has 0 aromatic heterocycles. The zero-order valence-corrected chi connectivity index (χ0v) is 12.0. The van der Waals surface area contributed by atoms with Crippen LogP contribution in [0.5, 0.6) is 0 Å². The zero-order valence-electron chi connectivity index (χ0n) is 12.0. The van der Waals surface area contributed by atoms with Crippen molar-refractivity contribution in [3.05, 3.63) is 29.8 Å². The van der Waals surface area contributed by atoms with E-state index < -0.39 is 0 Å². The van der Waals surface area contributed by atoms with E-state index in [1.807, 2.05) is 12.1 Å². The number of hydrogen-bond donors (Lipinski definition) is 1. The molecular formula is C16H24N2O. The number of nitrogens with zero attached hydrogens (tertiary/aromatic N) is 1. The highest BCUT2D eigenvalue weighted by atomic mass is 16.2. The Morgan fingerprint density at radius 1 is 1.26 bits per heavy atom. The van der Waals surface area contributed by atoms with Crippen molar-refractivity contribution in [2.75, 3.05) is 25.0 Å². The van der Waals surface area contributed by atoms with Gasteiger partial charge in [-0.05, 0) is 56.0 Å². The molecule has 0 bridgehead atoms. The van der Waals surface area contributed by atoms with Gasteiger partial charge in [-0.25, -0.2) is 0 Å². The minimum Gasteiger partial charge on any atom is -0.325 e. The summed E-state index contributed by atoms with van der Waals surface area (Å²) in [6.45, 7) is 7.02. The number of carbonyl (C=O) groups excluding carboxylic acids is 1. The van der Waals surface area contributed by atoms with Crippen molar-refractivity contribution < 1.29 is 4.79 Å². The molecule has 2 rings (SSSR count). The molecule has 19 heavy (non-hydrogen) atoms. The fourth-order valence-electron chi connectivity index (χ4n) is 2.45. The minimum atomic E-state index is 0.0961. The summed E-state index contributed by atoms with van der Waals surface area (Å²) in [6.07, 6.45) is 3.44. The first-order valence-corrected chi connectivity index (χ1v) is 7.28. The molecule has 3 nitrogen and oxygen atoms in total. The minimum absolute atomic E-state index is 0.0961. The molecule has 3 heteroatoms. The number of nitrogens with one attached hydrogen (secondary N) is 1. The summed E-state index contributed by atoms with van der Waals surface area (Å²) in [6, 6.07) is 8.10. The molecule has 1 aromatic carbocycles. The van der Waals surface area contributed by atoms with Gasteiger partial charge in [0.15, 0.2) is 0 Å². The third-order valence-corrected chi connectivity index (χ3v) is 3.89. The Hall–Kier alpha value is -1.35. The van der Waals surface area contributed by atoms with Gasteiger partial charge in [0.05, 0.1) is 6.54 Å². The Morgan fingerprint density at radius 3 is 2.47 bits per heavy atom. The van der Waals surface area contributed by atoms with E-state index in [2.05, 4.69) is 36.2 Å². The zero-order chi connectivity index (χ0) is 13.7.